The fraction of sp³-hybridized carbons (Fsp3) is 0.185. The molecule has 0 spiro atoms. The van der Waals surface area contributed by atoms with Crippen LogP contribution in [0.3, 0.4) is 0 Å². The summed E-state index contributed by atoms with van der Waals surface area (Å²) in [6.07, 6.45) is 13.6. The third kappa shape index (κ3) is 7.27. The van der Waals surface area contributed by atoms with Crippen LogP contribution in [0.1, 0.15) is 69.6 Å². The third-order valence-corrected chi connectivity index (χ3v) is 14.8. The highest BCUT2D eigenvalue weighted by molar-refractivity contribution is 6.52. The molecule has 4 aliphatic rings. The lowest BCUT2D eigenvalue weighted by atomic mass is 9.85. The molecule has 13 rings (SSSR count). The Labute approximate surface area is 412 Å². The number of halogens is 1. The minimum Gasteiger partial charge on any atom is -0.437 e. The van der Waals surface area contributed by atoms with Crippen molar-refractivity contribution in [1.29, 1.82) is 0 Å². The number of aromatic nitrogens is 4. The molecule has 2 aliphatic carbocycles. The van der Waals surface area contributed by atoms with Crippen molar-refractivity contribution < 1.29 is 29.2 Å². The number of hydrogen-bond donors (Lipinski definition) is 8. The lowest BCUT2D eigenvalue weighted by Gasteiger charge is -2.26. The lowest BCUT2D eigenvalue weighted by Crippen LogP contribution is -2.40. The number of imide groups is 2. The average Bonchev–Trinajstić information content (AvgIpc) is 4.21. The fourth-order valence-corrected chi connectivity index (χ4v) is 12.0. The Kier molecular flexibility index (Phi) is 11.0. The van der Waals surface area contributed by atoms with E-state index in [4.69, 9.17) is 11.6 Å². The molecule has 0 saturated heterocycles. The summed E-state index contributed by atoms with van der Waals surface area (Å²) in [5, 5.41) is 36.4. The second kappa shape index (κ2) is 17.4. The van der Waals surface area contributed by atoms with Gasteiger partial charge in [-0.05, 0) is 63.6 Å². The van der Waals surface area contributed by atoms with Crippen molar-refractivity contribution >= 4 is 126 Å². The molecule has 0 bridgehead atoms. The quantitative estimate of drug-likeness (QED) is 0.0421. The number of carbonyl (C=O) groups excluding carboxylic acids is 4. The second-order valence-electron chi connectivity index (χ2n) is 18.9. The number of nitrogens with one attached hydrogen (secondary N) is 6. The van der Waals surface area contributed by atoms with Gasteiger partial charge in [-0.1, -0.05) is 109 Å². The van der Waals surface area contributed by atoms with Crippen LogP contribution in [-0.2, 0) is 9.59 Å². The van der Waals surface area contributed by atoms with Gasteiger partial charge in [0.15, 0.2) is 0 Å². The Morgan fingerprint density at radius 1 is 0.563 bits per heavy atom. The van der Waals surface area contributed by atoms with Crippen molar-refractivity contribution in [1.82, 2.24) is 40.2 Å². The molecule has 14 nitrogen and oxygen atoms in total. The van der Waals surface area contributed by atoms with E-state index < -0.39 is 25.9 Å². The summed E-state index contributed by atoms with van der Waals surface area (Å²) in [6, 6.07) is 31.7. The minimum absolute atomic E-state index is 0.0273. The van der Waals surface area contributed by atoms with E-state index in [0.717, 1.165) is 91.1 Å². The first-order valence-corrected chi connectivity index (χ1v) is 24.4. The molecule has 5 aromatic carbocycles. The summed E-state index contributed by atoms with van der Waals surface area (Å²) in [5.74, 6) is -1.57. The van der Waals surface area contributed by atoms with Gasteiger partial charge in [0.2, 0.25) is 0 Å². The standard InChI is InChI=1S/C27H24BClN4O3.C27H23BN4O3/c1-28(36)32-15-10-12-16(13-11-15)33-21-9-5-3-7-18(21)22(25(33)29)24-23(26(34)31-27(24)35)19-14-30-20-8-4-2-6-17(19)20;1-28(35)31-14-10-12-15(13-11-14)32-19-9-5-3-7-17(19)21-23-22(26(33)30-27(23)34)20-16-6-2-4-8-18(16)29-24(20)25(21)32/h2-10,12,14-16,30,32,36H,11,13H2,1H3,(H,31,34,35);2-10,12,14-15,29,31,35H,11,13H2,1H3,(H,30,33,34)/t15-,16?;14-,15?/m00/s1. The first-order valence-electron chi connectivity index (χ1n) is 24.0. The van der Waals surface area contributed by atoms with E-state index in [-0.39, 0.29) is 41.6 Å². The van der Waals surface area contributed by atoms with E-state index in [2.05, 4.69) is 59.9 Å². The smallest absolute Gasteiger partial charge is 0.374 e. The van der Waals surface area contributed by atoms with Crippen LogP contribution in [0.15, 0.2) is 128 Å². The summed E-state index contributed by atoms with van der Waals surface area (Å²) in [7, 11) is -1.16. The molecule has 0 radical (unpaired) electrons. The van der Waals surface area contributed by atoms with Gasteiger partial charge in [0.1, 0.15) is 5.15 Å². The van der Waals surface area contributed by atoms with E-state index in [1.54, 1.807) is 19.8 Å². The highest BCUT2D eigenvalue weighted by atomic mass is 35.5. The highest BCUT2D eigenvalue weighted by Gasteiger charge is 2.39. The van der Waals surface area contributed by atoms with Crippen molar-refractivity contribution in [3.63, 3.8) is 0 Å². The molecule has 0 fully saturated rings. The lowest BCUT2D eigenvalue weighted by molar-refractivity contribution is -0.122. The van der Waals surface area contributed by atoms with Gasteiger partial charge in [-0.25, -0.2) is 0 Å². The predicted octanol–water partition coefficient (Wildman–Crippen LogP) is 8.58. The Morgan fingerprint density at radius 3 is 1.72 bits per heavy atom. The fourth-order valence-electron chi connectivity index (χ4n) is 11.6. The molecule has 4 amide bonds. The molecule has 0 saturated carbocycles. The van der Waals surface area contributed by atoms with Crippen LogP contribution < -0.4 is 21.1 Å². The molecule has 6 heterocycles. The Hall–Kier alpha value is -7.46. The highest BCUT2D eigenvalue weighted by Crippen LogP contribution is 2.47. The van der Waals surface area contributed by atoms with E-state index >= 15 is 0 Å². The topological polar surface area (TPSA) is 198 Å². The monoisotopic (exact) mass is 960 g/mol. The van der Waals surface area contributed by atoms with Crippen LogP contribution in [0.25, 0.3) is 76.6 Å². The van der Waals surface area contributed by atoms with Gasteiger partial charge >= 0.3 is 14.1 Å². The number of carbonyl (C=O) groups is 4. The van der Waals surface area contributed by atoms with Crippen LogP contribution in [0, 0.1) is 0 Å². The number of amides is 4. The molecule has 352 valence electrons. The van der Waals surface area contributed by atoms with Gasteiger partial charge in [-0.15, -0.1) is 0 Å². The Balaban J connectivity index is 0.000000146. The predicted molar refractivity (Wildman–Crippen MR) is 282 cm³/mol. The van der Waals surface area contributed by atoms with E-state index in [1.807, 2.05) is 102 Å². The summed E-state index contributed by atoms with van der Waals surface area (Å²) >= 11 is 7.08. The van der Waals surface area contributed by atoms with Gasteiger partial charge in [0.25, 0.3) is 23.6 Å². The molecule has 2 unspecified atom stereocenters. The van der Waals surface area contributed by atoms with Gasteiger partial charge in [-0.3, -0.25) is 29.8 Å². The van der Waals surface area contributed by atoms with Crippen molar-refractivity contribution in [2.75, 3.05) is 0 Å². The van der Waals surface area contributed by atoms with Gasteiger partial charge in [0, 0.05) is 78.3 Å². The van der Waals surface area contributed by atoms with Gasteiger partial charge < -0.3 is 39.6 Å². The molecule has 8 N–H and O–H groups in total. The third-order valence-electron chi connectivity index (χ3n) is 14.4. The largest absolute Gasteiger partial charge is 0.437 e. The zero-order chi connectivity index (χ0) is 48.8. The summed E-state index contributed by atoms with van der Waals surface area (Å²) in [6.45, 7) is 3.43. The minimum atomic E-state index is -0.591. The molecule has 71 heavy (non-hydrogen) atoms. The molecule has 4 aromatic heterocycles. The number of aromatic amines is 2. The normalized spacial score (nSPS) is 20.0. The summed E-state index contributed by atoms with van der Waals surface area (Å²) in [4.78, 5) is 59.3. The van der Waals surface area contributed by atoms with E-state index in [9.17, 15) is 29.2 Å². The van der Waals surface area contributed by atoms with Crippen molar-refractivity contribution in [3.05, 3.63) is 155 Å². The van der Waals surface area contributed by atoms with Gasteiger partial charge in [0.05, 0.1) is 50.9 Å². The number of rotatable bonds is 8. The Morgan fingerprint density at radius 2 is 1.08 bits per heavy atom. The summed E-state index contributed by atoms with van der Waals surface area (Å²) < 4.78 is 4.35. The maximum Gasteiger partial charge on any atom is 0.374 e. The Bertz CT molecular complexity index is 3840. The van der Waals surface area contributed by atoms with E-state index in [0.29, 0.717) is 33.0 Å². The van der Waals surface area contributed by atoms with Crippen molar-refractivity contribution in [3.8, 4) is 0 Å². The second-order valence-corrected chi connectivity index (χ2v) is 19.2. The number of fused-ring (bicyclic) bond motifs is 12. The van der Waals surface area contributed by atoms with Crippen LogP contribution in [0.2, 0.25) is 18.8 Å². The van der Waals surface area contributed by atoms with Crippen LogP contribution >= 0.6 is 11.6 Å². The number of allylic oxidation sites excluding steroid dienone is 2. The van der Waals surface area contributed by atoms with Crippen molar-refractivity contribution in [2.24, 2.45) is 0 Å². The van der Waals surface area contributed by atoms with Crippen molar-refractivity contribution in [2.45, 2.75) is 63.5 Å². The SMILES string of the molecule is CB(O)N[C@H]1C=CC(n2c(Cl)c(C3=C(c4c[nH]c5ccccc45)C(=O)NC3=O)c3ccccc32)CC1.CB(O)N[C@H]1C=CC(n2c3ccccc3c3c4c(c5c6ccccc6[nH]c5c32)C(=O)NC4=O)CC1. The molecular weight excluding hydrogens is 914 g/mol. The van der Waals surface area contributed by atoms with E-state index in [1.165, 1.54) is 0 Å². The number of para-hydroxylation sites is 4. The summed E-state index contributed by atoms with van der Waals surface area (Å²) in [5.41, 5.74) is 8.32. The average molecular weight is 961 g/mol. The maximum absolute atomic E-state index is 13.2. The van der Waals surface area contributed by atoms with Crippen LogP contribution in [0.4, 0.5) is 0 Å². The zero-order valence-corrected chi connectivity index (χ0v) is 39.5. The number of H-pyrrole nitrogens is 2. The molecule has 4 atom stereocenters. The zero-order valence-electron chi connectivity index (χ0n) is 38.7. The maximum atomic E-state index is 13.2. The van der Waals surface area contributed by atoms with Crippen LogP contribution in [-0.4, -0.2) is 79.0 Å². The van der Waals surface area contributed by atoms with Gasteiger partial charge in [-0.2, -0.15) is 0 Å². The molecule has 2 aliphatic heterocycles. The number of nitrogens with zero attached hydrogens (tertiary/aromatic N) is 2. The molecule has 9 aromatic rings. The number of hydrogen-bond acceptors (Lipinski definition) is 8. The number of benzene rings is 5. The first kappa shape index (κ1) is 44.7. The molecular formula is C54H47B2ClN8O6. The van der Waals surface area contributed by atoms with Crippen LogP contribution in [0.5, 0.6) is 0 Å². The molecule has 17 heteroatoms. The first-order chi connectivity index (χ1) is 34.5.